The van der Waals surface area contributed by atoms with E-state index in [2.05, 4.69) is 45.9 Å². The summed E-state index contributed by atoms with van der Waals surface area (Å²) in [6.07, 6.45) is 1.06. The quantitative estimate of drug-likeness (QED) is 0.711. The zero-order valence-corrected chi connectivity index (χ0v) is 11.8. The molecule has 0 aliphatic heterocycles. The van der Waals surface area contributed by atoms with Gasteiger partial charge in [-0.25, -0.2) is 0 Å². The zero-order chi connectivity index (χ0) is 12.8. The molecule has 0 saturated heterocycles. The van der Waals surface area contributed by atoms with Crippen LogP contribution in [0.15, 0.2) is 18.2 Å². The van der Waals surface area contributed by atoms with Crippen LogP contribution in [0.1, 0.15) is 52.7 Å². The van der Waals surface area contributed by atoms with Gasteiger partial charge in [0.2, 0.25) is 0 Å². The van der Waals surface area contributed by atoms with Gasteiger partial charge in [0.25, 0.3) is 0 Å². The smallest absolute Gasteiger partial charge is 0.122 e. The predicted molar refractivity (Wildman–Crippen MR) is 72.4 cm³/mol. The third kappa shape index (κ3) is 3.88. The first-order valence-corrected chi connectivity index (χ1v) is 6.16. The molecule has 0 N–H and O–H groups in total. The molecular weight excluding hydrogens is 196 g/mol. The van der Waals surface area contributed by atoms with Crippen LogP contribution in [-0.2, 0) is 11.8 Å². The van der Waals surface area contributed by atoms with Gasteiger partial charge in [-0.15, -0.1) is 0 Å². The Balaban J connectivity index is 0.00000106. The van der Waals surface area contributed by atoms with Crippen molar-refractivity contribution < 1.29 is 4.74 Å². The number of aryl methyl sites for hydroxylation is 1. The molecule has 0 atom stereocenters. The number of hydrogen-bond acceptors (Lipinski definition) is 1. The summed E-state index contributed by atoms with van der Waals surface area (Å²) in [6.45, 7) is 12.8. The second-order valence-electron chi connectivity index (χ2n) is 4.64. The molecule has 0 spiro atoms. The summed E-state index contributed by atoms with van der Waals surface area (Å²) in [5.41, 5.74) is 2.75. The lowest BCUT2D eigenvalue weighted by Gasteiger charge is -2.22. The number of rotatable bonds is 2. The molecule has 0 aliphatic rings. The third-order valence-electron chi connectivity index (χ3n) is 2.48. The van der Waals surface area contributed by atoms with Crippen LogP contribution in [0.25, 0.3) is 0 Å². The van der Waals surface area contributed by atoms with Gasteiger partial charge in [-0.05, 0) is 29.0 Å². The molecule has 0 amide bonds. The Hall–Kier alpha value is -0.980. The molecule has 0 saturated carbocycles. The summed E-state index contributed by atoms with van der Waals surface area (Å²) in [4.78, 5) is 0. The van der Waals surface area contributed by atoms with Gasteiger partial charge in [0.05, 0.1) is 7.11 Å². The van der Waals surface area contributed by atoms with Crippen molar-refractivity contribution in [2.75, 3.05) is 7.11 Å². The molecule has 0 heterocycles. The highest BCUT2D eigenvalue weighted by Gasteiger charge is 2.18. The molecule has 0 radical (unpaired) electrons. The normalized spacial score (nSPS) is 10.4. The van der Waals surface area contributed by atoms with Crippen LogP contribution >= 0.6 is 0 Å². The summed E-state index contributed by atoms with van der Waals surface area (Å²) in [5.74, 6) is 1.01. The van der Waals surface area contributed by atoms with E-state index in [1.54, 1.807) is 7.11 Å². The lowest BCUT2D eigenvalue weighted by molar-refractivity contribution is 0.397. The molecule has 1 nitrogen and oxygen atoms in total. The van der Waals surface area contributed by atoms with Gasteiger partial charge in [0.1, 0.15) is 5.75 Å². The van der Waals surface area contributed by atoms with E-state index in [4.69, 9.17) is 4.74 Å². The molecule has 1 aromatic carbocycles. The Morgan fingerprint density at radius 1 is 1.12 bits per heavy atom. The van der Waals surface area contributed by atoms with E-state index in [9.17, 15) is 0 Å². The monoisotopic (exact) mass is 222 g/mol. The van der Waals surface area contributed by atoms with Gasteiger partial charge in [-0.2, -0.15) is 0 Å². The standard InChI is InChI=1S/C13H20O.C2H6/c1-6-10-7-8-11(13(2,3)4)12(9-10)14-5;1-2/h7-9H,6H2,1-5H3;1-2H3. The average Bonchev–Trinajstić information content (AvgIpc) is 2.29. The fourth-order valence-corrected chi connectivity index (χ4v) is 1.58. The van der Waals surface area contributed by atoms with E-state index in [-0.39, 0.29) is 5.41 Å². The van der Waals surface area contributed by atoms with Crippen molar-refractivity contribution in [2.24, 2.45) is 0 Å². The third-order valence-corrected chi connectivity index (χ3v) is 2.48. The number of benzene rings is 1. The summed E-state index contributed by atoms with van der Waals surface area (Å²) >= 11 is 0. The molecule has 1 rings (SSSR count). The predicted octanol–water partition coefficient (Wildman–Crippen LogP) is 4.58. The Labute approximate surface area is 101 Å². The Kier molecular flexibility index (Phi) is 6.17. The first kappa shape index (κ1) is 15.0. The molecule has 0 unspecified atom stereocenters. The molecule has 16 heavy (non-hydrogen) atoms. The number of hydrogen-bond donors (Lipinski definition) is 0. The Morgan fingerprint density at radius 3 is 2.06 bits per heavy atom. The average molecular weight is 222 g/mol. The maximum atomic E-state index is 5.41. The Bertz CT molecular complexity index is 308. The maximum Gasteiger partial charge on any atom is 0.122 e. The van der Waals surface area contributed by atoms with E-state index in [1.165, 1.54) is 11.1 Å². The van der Waals surface area contributed by atoms with E-state index in [1.807, 2.05) is 13.8 Å². The highest BCUT2D eigenvalue weighted by molar-refractivity contribution is 5.41. The van der Waals surface area contributed by atoms with Crippen LogP contribution in [0, 0.1) is 0 Å². The van der Waals surface area contributed by atoms with Gasteiger partial charge < -0.3 is 4.74 Å². The summed E-state index contributed by atoms with van der Waals surface area (Å²) in [7, 11) is 1.74. The van der Waals surface area contributed by atoms with Gasteiger partial charge in [0.15, 0.2) is 0 Å². The van der Waals surface area contributed by atoms with Crippen LogP contribution in [0.2, 0.25) is 0 Å². The van der Waals surface area contributed by atoms with Crippen molar-refractivity contribution in [3.8, 4) is 5.75 Å². The molecule has 0 fully saturated rings. The number of ether oxygens (including phenoxy) is 1. The first-order valence-electron chi connectivity index (χ1n) is 6.16. The van der Waals surface area contributed by atoms with Crippen molar-refractivity contribution in [3.05, 3.63) is 29.3 Å². The summed E-state index contributed by atoms with van der Waals surface area (Å²) in [5, 5.41) is 0. The molecule has 92 valence electrons. The van der Waals surface area contributed by atoms with Gasteiger partial charge in [-0.3, -0.25) is 0 Å². The molecule has 0 bridgehead atoms. The first-order chi connectivity index (χ1) is 7.49. The largest absolute Gasteiger partial charge is 0.496 e. The molecule has 0 aromatic heterocycles. The minimum Gasteiger partial charge on any atom is -0.496 e. The lowest BCUT2D eigenvalue weighted by atomic mass is 9.85. The van der Waals surface area contributed by atoms with Crippen LogP contribution in [0.4, 0.5) is 0 Å². The van der Waals surface area contributed by atoms with Crippen molar-refractivity contribution in [2.45, 2.75) is 53.4 Å². The van der Waals surface area contributed by atoms with E-state index >= 15 is 0 Å². The second kappa shape index (κ2) is 6.57. The van der Waals surface area contributed by atoms with Crippen LogP contribution < -0.4 is 4.74 Å². The molecule has 1 heteroatoms. The SMILES string of the molecule is CC.CCc1ccc(C(C)(C)C)c(OC)c1. The number of methoxy groups -OCH3 is 1. The fraction of sp³-hybridized carbons (Fsp3) is 0.600. The van der Waals surface area contributed by atoms with Gasteiger partial charge >= 0.3 is 0 Å². The van der Waals surface area contributed by atoms with E-state index in [0.29, 0.717) is 0 Å². The molecule has 0 aliphatic carbocycles. The minimum atomic E-state index is 0.150. The van der Waals surface area contributed by atoms with Crippen LogP contribution in [0.5, 0.6) is 5.75 Å². The van der Waals surface area contributed by atoms with Crippen LogP contribution in [-0.4, -0.2) is 7.11 Å². The zero-order valence-electron chi connectivity index (χ0n) is 11.8. The topological polar surface area (TPSA) is 9.23 Å². The highest BCUT2D eigenvalue weighted by atomic mass is 16.5. The fourth-order valence-electron chi connectivity index (χ4n) is 1.58. The van der Waals surface area contributed by atoms with E-state index in [0.717, 1.165) is 12.2 Å². The molecule has 1 aromatic rings. The summed E-state index contributed by atoms with van der Waals surface area (Å²) in [6, 6.07) is 6.50. The van der Waals surface area contributed by atoms with Crippen LogP contribution in [0.3, 0.4) is 0 Å². The van der Waals surface area contributed by atoms with E-state index < -0.39 is 0 Å². The Morgan fingerprint density at radius 2 is 1.69 bits per heavy atom. The van der Waals surface area contributed by atoms with Crippen molar-refractivity contribution >= 4 is 0 Å². The molecular formula is C15H26O. The van der Waals surface area contributed by atoms with Crippen molar-refractivity contribution in [1.82, 2.24) is 0 Å². The van der Waals surface area contributed by atoms with Crippen molar-refractivity contribution in [3.63, 3.8) is 0 Å². The maximum absolute atomic E-state index is 5.41. The van der Waals surface area contributed by atoms with Gasteiger partial charge in [-0.1, -0.05) is 53.7 Å². The minimum absolute atomic E-state index is 0.150. The second-order valence-corrected chi connectivity index (χ2v) is 4.64. The van der Waals surface area contributed by atoms with Crippen molar-refractivity contribution in [1.29, 1.82) is 0 Å². The summed E-state index contributed by atoms with van der Waals surface area (Å²) < 4.78 is 5.41. The highest BCUT2D eigenvalue weighted by Crippen LogP contribution is 2.31. The lowest BCUT2D eigenvalue weighted by Crippen LogP contribution is -2.12. The van der Waals surface area contributed by atoms with Gasteiger partial charge in [0, 0.05) is 0 Å².